The summed E-state index contributed by atoms with van der Waals surface area (Å²) in [4.78, 5) is 16.4. The number of anilines is 1. The molecule has 2 aromatic rings. The fourth-order valence-electron chi connectivity index (χ4n) is 2.65. The van der Waals surface area contributed by atoms with Crippen LogP contribution < -0.4 is 11.1 Å². The SMILES string of the molecule is N[C@@H]1CCCS(=O)(=O)c2cc(C(=O)Nc3ccncc3)ccc21. The molecule has 1 aromatic carbocycles. The van der Waals surface area contributed by atoms with Crippen molar-refractivity contribution >= 4 is 21.4 Å². The summed E-state index contributed by atoms with van der Waals surface area (Å²) < 4.78 is 24.8. The summed E-state index contributed by atoms with van der Waals surface area (Å²) in [6.45, 7) is 0. The Bertz CT molecular complexity index is 835. The Kier molecular flexibility index (Phi) is 4.14. The number of sulfone groups is 1. The van der Waals surface area contributed by atoms with Gasteiger partial charge in [0.15, 0.2) is 9.84 Å². The van der Waals surface area contributed by atoms with Crippen LogP contribution in [-0.2, 0) is 9.84 Å². The number of nitrogens with one attached hydrogen (secondary N) is 1. The van der Waals surface area contributed by atoms with E-state index >= 15 is 0 Å². The molecular weight excluding hydrogens is 314 g/mol. The first-order valence-electron chi connectivity index (χ1n) is 7.31. The molecule has 0 unspecified atom stereocenters. The van der Waals surface area contributed by atoms with Gasteiger partial charge in [-0.3, -0.25) is 9.78 Å². The minimum absolute atomic E-state index is 0.0587. The van der Waals surface area contributed by atoms with Gasteiger partial charge in [0.25, 0.3) is 5.91 Å². The molecule has 7 heteroatoms. The van der Waals surface area contributed by atoms with Gasteiger partial charge < -0.3 is 11.1 Å². The second-order valence-corrected chi connectivity index (χ2v) is 7.59. The van der Waals surface area contributed by atoms with E-state index in [1.54, 1.807) is 36.7 Å². The molecule has 6 nitrogen and oxygen atoms in total. The lowest BCUT2D eigenvalue weighted by Crippen LogP contribution is -2.16. The van der Waals surface area contributed by atoms with Gasteiger partial charge in [-0.15, -0.1) is 0 Å². The van der Waals surface area contributed by atoms with Crippen molar-refractivity contribution in [1.82, 2.24) is 4.98 Å². The zero-order chi connectivity index (χ0) is 16.4. The minimum atomic E-state index is -3.41. The Hall–Kier alpha value is -2.25. The van der Waals surface area contributed by atoms with E-state index in [2.05, 4.69) is 10.3 Å². The number of amides is 1. The predicted molar refractivity (Wildman–Crippen MR) is 86.8 cm³/mol. The molecule has 0 fully saturated rings. The Labute approximate surface area is 134 Å². The van der Waals surface area contributed by atoms with Gasteiger partial charge >= 0.3 is 0 Å². The highest BCUT2D eigenvalue weighted by Crippen LogP contribution is 2.30. The Balaban J connectivity index is 1.96. The Morgan fingerprint density at radius 3 is 2.70 bits per heavy atom. The molecule has 0 radical (unpaired) electrons. The van der Waals surface area contributed by atoms with Gasteiger partial charge in [0, 0.05) is 29.7 Å². The van der Waals surface area contributed by atoms with Crippen LogP contribution in [0.15, 0.2) is 47.6 Å². The largest absolute Gasteiger partial charge is 0.324 e. The van der Waals surface area contributed by atoms with Gasteiger partial charge in [-0.2, -0.15) is 0 Å². The van der Waals surface area contributed by atoms with Crippen molar-refractivity contribution < 1.29 is 13.2 Å². The van der Waals surface area contributed by atoms with Gasteiger partial charge in [0.05, 0.1) is 10.6 Å². The minimum Gasteiger partial charge on any atom is -0.324 e. The van der Waals surface area contributed by atoms with Crippen LogP contribution in [0.5, 0.6) is 0 Å². The smallest absolute Gasteiger partial charge is 0.255 e. The first kappa shape index (κ1) is 15.6. The van der Waals surface area contributed by atoms with Gasteiger partial charge in [0.1, 0.15) is 0 Å². The predicted octanol–water partition coefficient (Wildman–Crippen LogP) is 1.90. The number of rotatable bonds is 2. The summed E-state index contributed by atoms with van der Waals surface area (Å²) in [5.74, 6) is -0.310. The molecule has 0 saturated heterocycles. The van der Waals surface area contributed by atoms with Crippen molar-refractivity contribution in [1.29, 1.82) is 0 Å². The lowest BCUT2D eigenvalue weighted by molar-refractivity contribution is 0.102. The van der Waals surface area contributed by atoms with Crippen LogP contribution in [0.2, 0.25) is 0 Å². The third kappa shape index (κ3) is 3.25. The molecule has 0 bridgehead atoms. The highest BCUT2D eigenvalue weighted by molar-refractivity contribution is 7.91. The summed E-state index contributed by atoms with van der Waals surface area (Å²) in [7, 11) is -3.41. The molecular formula is C16H17N3O3S. The molecule has 23 heavy (non-hydrogen) atoms. The first-order valence-corrected chi connectivity index (χ1v) is 8.96. The third-order valence-corrected chi connectivity index (χ3v) is 5.73. The van der Waals surface area contributed by atoms with Crippen molar-refractivity contribution in [3.05, 3.63) is 53.9 Å². The second kappa shape index (κ2) is 6.10. The molecule has 120 valence electrons. The summed E-state index contributed by atoms with van der Waals surface area (Å²) in [5, 5.41) is 2.71. The maximum Gasteiger partial charge on any atom is 0.255 e. The van der Waals surface area contributed by atoms with E-state index in [9.17, 15) is 13.2 Å². The molecule has 0 spiro atoms. The molecule has 1 amide bonds. The summed E-state index contributed by atoms with van der Waals surface area (Å²) in [6, 6.07) is 7.67. The van der Waals surface area contributed by atoms with Gasteiger partial charge in [0.2, 0.25) is 0 Å². The number of benzene rings is 1. The molecule has 1 atom stereocenters. The number of fused-ring (bicyclic) bond motifs is 1. The van der Waals surface area contributed by atoms with Crippen molar-refractivity contribution in [2.45, 2.75) is 23.8 Å². The van der Waals surface area contributed by atoms with Crippen LogP contribution in [-0.4, -0.2) is 25.1 Å². The molecule has 3 rings (SSSR count). The van der Waals surface area contributed by atoms with Crippen LogP contribution in [0, 0.1) is 0 Å². The molecule has 0 aliphatic carbocycles. The molecule has 2 heterocycles. The number of carbonyl (C=O) groups is 1. The fraction of sp³-hybridized carbons (Fsp3) is 0.250. The highest BCUT2D eigenvalue weighted by Gasteiger charge is 2.27. The lowest BCUT2D eigenvalue weighted by Gasteiger charge is -2.13. The number of aromatic nitrogens is 1. The summed E-state index contributed by atoms with van der Waals surface area (Å²) in [6.07, 6.45) is 4.28. The van der Waals surface area contributed by atoms with Gasteiger partial charge in [-0.05, 0) is 42.7 Å². The topological polar surface area (TPSA) is 102 Å². The number of hydrogen-bond acceptors (Lipinski definition) is 5. The quantitative estimate of drug-likeness (QED) is 0.875. The lowest BCUT2D eigenvalue weighted by atomic mass is 10.0. The van der Waals surface area contributed by atoms with Crippen LogP contribution in [0.1, 0.15) is 34.8 Å². The molecule has 3 N–H and O–H groups in total. The monoisotopic (exact) mass is 331 g/mol. The van der Waals surface area contributed by atoms with E-state index in [0.29, 0.717) is 29.7 Å². The zero-order valence-corrected chi connectivity index (χ0v) is 13.2. The van der Waals surface area contributed by atoms with Crippen LogP contribution in [0.3, 0.4) is 0 Å². The van der Waals surface area contributed by atoms with Crippen LogP contribution in [0.4, 0.5) is 5.69 Å². The number of carbonyl (C=O) groups excluding carboxylic acids is 1. The first-order chi connectivity index (χ1) is 11.0. The van der Waals surface area contributed by atoms with E-state index in [0.717, 1.165) is 0 Å². The Morgan fingerprint density at radius 1 is 1.22 bits per heavy atom. The maximum absolute atomic E-state index is 12.4. The molecule has 1 aromatic heterocycles. The Morgan fingerprint density at radius 2 is 1.96 bits per heavy atom. The van der Waals surface area contributed by atoms with Crippen molar-refractivity contribution in [3.8, 4) is 0 Å². The van der Waals surface area contributed by atoms with Crippen molar-refractivity contribution in [2.24, 2.45) is 5.73 Å². The number of pyridine rings is 1. The van der Waals surface area contributed by atoms with E-state index in [1.807, 2.05) is 0 Å². The maximum atomic E-state index is 12.4. The van der Waals surface area contributed by atoms with Gasteiger partial charge in [-0.25, -0.2) is 8.42 Å². The zero-order valence-electron chi connectivity index (χ0n) is 12.4. The van der Waals surface area contributed by atoms with Crippen LogP contribution >= 0.6 is 0 Å². The number of nitrogens with zero attached hydrogens (tertiary/aromatic N) is 1. The van der Waals surface area contributed by atoms with E-state index < -0.39 is 9.84 Å². The van der Waals surface area contributed by atoms with E-state index in [-0.39, 0.29) is 22.6 Å². The average Bonchev–Trinajstić information content (AvgIpc) is 2.65. The highest BCUT2D eigenvalue weighted by atomic mass is 32.2. The molecule has 1 aliphatic rings. The molecule has 0 saturated carbocycles. The second-order valence-electron chi connectivity index (χ2n) is 5.51. The van der Waals surface area contributed by atoms with Crippen LogP contribution in [0.25, 0.3) is 0 Å². The van der Waals surface area contributed by atoms with Gasteiger partial charge in [-0.1, -0.05) is 6.07 Å². The van der Waals surface area contributed by atoms with Crippen molar-refractivity contribution in [3.63, 3.8) is 0 Å². The molecule has 1 aliphatic heterocycles. The van der Waals surface area contributed by atoms with E-state index in [1.165, 1.54) is 6.07 Å². The summed E-state index contributed by atoms with van der Waals surface area (Å²) >= 11 is 0. The standard InChI is InChI=1S/C16H17N3O3S/c17-14-2-1-9-23(21,22)15-10-11(3-4-13(14)15)16(20)19-12-5-7-18-8-6-12/h3-8,10,14H,1-2,9,17H2,(H,18,19,20)/t14-/m1/s1. The third-order valence-electron chi connectivity index (χ3n) is 3.88. The number of nitrogens with two attached hydrogens (primary N) is 1. The number of hydrogen-bond donors (Lipinski definition) is 2. The van der Waals surface area contributed by atoms with Crippen molar-refractivity contribution in [2.75, 3.05) is 11.1 Å². The normalized spacial score (nSPS) is 19.4. The fourth-order valence-corrected chi connectivity index (χ4v) is 4.30. The summed E-state index contributed by atoms with van der Waals surface area (Å²) in [5.41, 5.74) is 7.52. The average molecular weight is 331 g/mol. The van der Waals surface area contributed by atoms with E-state index in [4.69, 9.17) is 5.73 Å².